The van der Waals surface area contributed by atoms with E-state index in [-0.39, 0.29) is 5.56 Å². The van der Waals surface area contributed by atoms with Gasteiger partial charge in [0.25, 0.3) is 0 Å². The maximum Gasteiger partial charge on any atom is 0.422 e. The fraction of sp³-hybridized carbons (Fsp3) is 0.571. The average Bonchev–Trinajstić information content (AvgIpc) is 2.24. The Balaban J connectivity index is 2.42. The first-order chi connectivity index (χ1) is 8.76. The normalized spacial score (nSPS) is 21.6. The van der Waals surface area contributed by atoms with Gasteiger partial charge in [-0.2, -0.15) is 13.2 Å². The Morgan fingerprint density at radius 2 is 1.95 bits per heavy atom. The molecule has 2 nitrogen and oxygen atoms in total. The van der Waals surface area contributed by atoms with E-state index >= 15 is 0 Å². The minimum atomic E-state index is -4.79. The molecule has 0 amide bonds. The van der Waals surface area contributed by atoms with E-state index in [0.717, 1.165) is 24.8 Å². The predicted octanol–water partition coefficient (Wildman–Crippen LogP) is 3.05. The van der Waals surface area contributed by atoms with Gasteiger partial charge >= 0.3 is 6.18 Å². The third-order valence-electron chi connectivity index (χ3n) is 3.99. The molecule has 2 unspecified atom stereocenters. The van der Waals surface area contributed by atoms with Crippen LogP contribution in [0.4, 0.5) is 13.2 Å². The molecular formula is C14H18F3NO. The van der Waals surface area contributed by atoms with Crippen LogP contribution in [0.1, 0.15) is 43.2 Å². The van der Waals surface area contributed by atoms with Gasteiger partial charge in [-0.05, 0) is 36.8 Å². The van der Waals surface area contributed by atoms with Crippen LogP contribution in [0, 0.1) is 0 Å². The molecule has 1 aliphatic rings. The summed E-state index contributed by atoms with van der Waals surface area (Å²) >= 11 is 0. The van der Waals surface area contributed by atoms with Crippen LogP contribution in [0.15, 0.2) is 24.3 Å². The molecule has 1 fully saturated rings. The van der Waals surface area contributed by atoms with Crippen molar-refractivity contribution in [1.82, 2.24) is 0 Å². The van der Waals surface area contributed by atoms with Crippen LogP contribution in [0.25, 0.3) is 0 Å². The van der Waals surface area contributed by atoms with Crippen molar-refractivity contribution in [2.24, 2.45) is 5.73 Å². The highest BCUT2D eigenvalue weighted by molar-refractivity contribution is 5.33. The fourth-order valence-corrected chi connectivity index (χ4v) is 2.46. The fourth-order valence-electron chi connectivity index (χ4n) is 2.46. The van der Waals surface area contributed by atoms with E-state index in [1.54, 1.807) is 6.07 Å². The lowest BCUT2D eigenvalue weighted by molar-refractivity contribution is -0.272. The Kier molecular flexibility index (Phi) is 3.62. The maximum absolute atomic E-state index is 13.1. The second-order valence-corrected chi connectivity index (χ2v) is 5.31. The largest absolute Gasteiger partial charge is 0.422 e. The van der Waals surface area contributed by atoms with Crippen molar-refractivity contribution in [2.45, 2.75) is 49.9 Å². The molecule has 1 aromatic carbocycles. The molecule has 1 aromatic rings. The summed E-state index contributed by atoms with van der Waals surface area (Å²) in [5.74, 6) is 0.311. The molecule has 2 rings (SSSR count). The molecule has 106 valence electrons. The van der Waals surface area contributed by atoms with Crippen LogP contribution in [-0.2, 0) is 5.60 Å². The minimum absolute atomic E-state index is 0.167. The molecule has 1 aliphatic carbocycles. The SMILES string of the molecule is CC(N)C(O)(c1cccc(C2CCC2)c1)C(F)(F)F. The Bertz CT molecular complexity index is 454. The highest BCUT2D eigenvalue weighted by Crippen LogP contribution is 2.43. The standard InChI is InChI=1S/C14H18F3NO/c1-9(18)13(19,14(15,16)17)12-7-3-6-11(8-12)10-4-2-5-10/h3,6-10,19H,2,4-5,18H2,1H3. The third kappa shape index (κ3) is 2.37. The van der Waals surface area contributed by atoms with Crippen LogP contribution in [0.3, 0.4) is 0 Å². The van der Waals surface area contributed by atoms with Crippen molar-refractivity contribution in [1.29, 1.82) is 0 Å². The van der Waals surface area contributed by atoms with E-state index in [4.69, 9.17) is 5.73 Å². The monoisotopic (exact) mass is 273 g/mol. The first-order valence-corrected chi connectivity index (χ1v) is 6.42. The smallest absolute Gasteiger partial charge is 0.375 e. The van der Waals surface area contributed by atoms with Crippen LogP contribution in [0.2, 0.25) is 0 Å². The quantitative estimate of drug-likeness (QED) is 0.889. The zero-order valence-electron chi connectivity index (χ0n) is 10.7. The molecule has 0 aromatic heterocycles. The van der Waals surface area contributed by atoms with E-state index in [2.05, 4.69) is 0 Å². The number of halogens is 3. The summed E-state index contributed by atoms with van der Waals surface area (Å²) in [6.45, 7) is 1.17. The van der Waals surface area contributed by atoms with Crippen LogP contribution in [-0.4, -0.2) is 17.3 Å². The first kappa shape index (κ1) is 14.3. The lowest BCUT2D eigenvalue weighted by Crippen LogP contribution is -2.54. The zero-order valence-corrected chi connectivity index (χ0v) is 10.7. The molecule has 0 bridgehead atoms. The number of rotatable bonds is 3. The molecule has 0 radical (unpaired) electrons. The summed E-state index contributed by atoms with van der Waals surface area (Å²) in [6, 6.07) is 4.68. The van der Waals surface area contributed by atoms with Gasteiger partial charge in [0.2, 0.25) is 5.60 Å². The van der Waals surface area contributed by atoms with Crippen molar-refractivity contribution in [2.75, 3.05) is 0 Å². The summed E-state index contributed by atoms with van der Waals surface area (Å²) in [5, 5.41) is 10.0. The average molecular weight is 273 g/mol. The molecule has 0 spiro atoms. The summed E-state index contributed by atoms with van der Waals surface area (Å²) in [4.78, 5) is 0. The Labute approximate surface area is 110 Å². The van der Waals surface area contributed by atoms with Gasteiger partial charge in [0, 0.05) is 6.04 Å². The summed E-state index contributed by atoms with van der Waals surface area (Å²) in [7, 11) is 0. The van der Waals surface area contributed by atoms with Crippen molar-refractivity contribution < 1.29 is 18.3 Å². The van der Waals surface area contributed by atoms with Gasteiger partial charge in [-0.25, -0.2) is 0 Å². The van der Waals surface area contributed by atoms with E-state index < -0.39 is 17.8 Å². The molecule has 2 atom stereocenters. The number of benzene rings is 1. The van der Waals surface area contributed by atoms with Crippen LogP contribution >= 0.6 is 0 Å². The van der Waals surface area contributed by atoms with Gasteiger partial charge < -0.3 is 10.8 Å². The van der Waals surface area contributed by atoms with Gasteiger partial charge in [0.1, 0.15) is 0 Å². The van der Waals surface area contributed by atoms with Crippen molar-refractivity contribution in [3.8, 4) is 0 Å². The molecule has 5 heteroatoms. The number of nitrogens with two attached hydrogens (primary N) is 1. The Morgan fingerprint density at radius 1 is 1.32 bits per heavy atom. The number of hydrogen-bond acceptors (Lipinski definition) is 2. The number of aliphatic hydroxyl groups is 1. The minimum Gasteiger partial charge on any atom is -0.375 e. The van der Waals surface area contributed by atoms with Crippen molar-refractivity contribution >= 4 is 0 Å². The highest BCUT2D eigenvalue weighted by Gasteiger charge is 2.57. The molecule has 0 heterocycles. The second-order valence-electron chi connectivity index (χ2n) is 5.31. The van der Waals surface area contributed by atoms with E-state index in [0.29, 0.717) is 5.92 Å². The topological polar surface area (TPSA) is 46.2 Å². The highest BCUT2D eigenvalue weighted by atomic mass is 19.4. The lowest BCUT2D eigenvalue weighted by Gasteiger charge is -2.35. The van der Waals surface area contributed by atoms with Gasteiger partial charge in [0.05, 0.1) is 0 Å². The molecule has 0 saturated heterocycles. The van der Waals surface area contributed by atoms with Crippen LogP contribution < -0.4 is 5.73 Å². The second kappa shape index (κ2) is 4.80. The van der Waals surface area contributed by atoms with Crippen LogP contribution in [0.5, 0.6) is 0 Å². The molecule has 19 heavy (non-hydrogen) atoms. The molecular weight excluding hydrogens is 255 g/mol. The number of alkyl halides is 3. The Hall–Kier alpha value is -1.07. The molecule has 3 N–H and O–H groups in total. The molecule has 0 aliphatic heterocycles. The van der Waals surface area contributed by atoms with Crippen molar-refractivity contribution in [3.63, 3.8) is 0 Å². The van der Waals surface area contributed by atoms with Gasteiger partial charge in [-0.3, -0.25) is 0 Å². The van der Waals surface area contributed by atoms with E-state index in [1.165, 1.54) is 19.1 Å². The van der Waals surface area contributed by atoms with E-state index in [9.17, 15) is 18.3 Å². The summed E-state index contributed by atoms with van der Waals surface area (Å²) < 4.78 is 39.4. The lowest BCUT2D eigenvalue weighted by atomic mass is 9.77. The van der Waals surface area contributed by atoms with Crippen molar-refractivity contribution in [3.05, 3.63) is 35.4 Å². The number of hydrogen-bond donors (Lipinski definition) is 2. The first-order valence-electron chi connectivity index (χ1n) is 6.42. The zero-order chi connectivity index (χ0) is 14.3. The van der Waals surface area contributed by atoms with Gasteiger partial charge in [-0.15, -0.1) is 0 Å². The van der Waals surface area contributed by atoms with E-state index in [1.807, 2.05) is 6.07 Å². The third-order valence-corrected chi connectivity index (χ3v) is 3.99. The van der Waals surface area contributed by atoms with Gasteiger partial charge in [0.15, 0.2) is 0 Å². The molecule has 1 saturated carbocycles. The Morgan fingerprint density at radius 3 is 2.37 bits per heavy atom. The summed E-state index contributed by atoms with van der Waals surface area (Å²) in [5.41, 5.74) is 3.09. The maximum atomic E-state index is 13.1. The van der Waals surface area contributed by atoms with Gasteiger partial charge in [-0.1, -0.05) is 30.7 Å². The predicted molar refractivity (Wildman–Crippen MR) is 66.6 cm³/mol. The summed E-state index contributed by atoms with van der Waals surface area (Å²) in [6.07, 6.45) is -1.71.